The summed E-state index contributed by atoms with van der Waals surface area (Å²) < 4.78 is 1.87. The molecular formula is C23H19N5O2. The molecule has 30 heavy (non-hydrogen) atoms. The number of hydrogen-bond acceptors (Lipinski definition) is 4. The summed E-state index contributed by atoms with van der Waals surface area (Å²) in [7, 11) is 0. The molecule has 0 saturated carbocycles. The van der Waals surface area contributed by atoms with Crippen molar-refractivity contribution in [3.8, 4) is 0 Å². The van der Waals surface area contributed by atoms with Crippen molar-refractivity contribution in [2.75, 3.05) is 16.8 Å². The van der Waals surface area contributed by atoms with Gasteiger partial charge in [-0.15, -0.1) is 0 Å². The van der Waals surface area contributed by atoms with Gasteiger partial charge in [0, 0.05) is 42.3 Å². The summed E-state index contributed by atoms with van der Waals surface area (Å²) in [4.78, 5) is 36.4. The topological polar surface area (TPSA) is 80.1 Å². The van der Waals surface area contributed by atoms with Crippen LogP contribution in [0.4, 0.5) is 11.4 Å². The van der Waals surface area contributed by atoms with E-state index in [1.54, 1.807) is 47.9 Å². The predicted octanol–water partition coefficient (Wildman–Crippen LogP) is 3.91. The molecule has 1 N–H and O–H groups in total. The molecule has 0 saturated heterocycles. The lowest BCUT2D eigenvalue weighted by molar-refractivity contribution is 0.0942. The van der Waals surface area contributed by atoms with Crippen LogP contribution in [-0.2, 0) is 0 Å². The van der Waals surface area contributed by atoms with Crippen LogP contribution >= 0.6 is 0 Å². The number of nitrogens with zero attached hydrogens (tertiary/aromatic N) is 4. The molecule has 1 aromatic carbocycles. The molecule has 7 heteroatoms. The summed E-state index contributed by atoms with van der Waals surface area (Å²) in [6.07, 6.45) is 6.74. The number of amides is 2. The first-order chi connectivity index (χ1) is 14.6. The molecule has 0 bridgehead atoms. The van der Waals surface area contributed by atoms with E-state index in [2.05, 4.69) is 15.3 Å². The fourth-order valence-corrected chi connectivity index (χ4v) is 3.87. The fraction of sp³-hybridized carbons (Fsp3) is 0.130. The van der Waals surface area contributed by atoms with Crippen molar-refractivity contribution in [2.45, 2.75) is 13.0 Å². The molecule has 0 aliphatic carbocycles. The largest absolute Gasteiger partial charge is 0.338 e. The maximum absolute atomic E-state index is 13.4. The fourth-order valence-electron chi connectivity index (χ4n) is 3.87. The Hall–Kier alpha value is -4.00. The Morgan fingerprint density at radius 1 is 1.13 bits per heavy atom. The van der Waals surface area contributed by atoms with Crippen molar-refractivity contribution < 1.29 is 9.59 Å². The van der Waals surface area contributed by atoms with Gasteiger partial charge in [-0.05, 0) is 43.3 Å². The van der Waals surface area contributed by atoms with Crippen molar-refractivity contribution in [2.24, 2.45) is 0 Å². The molecular weight excluding hydrogens is 378 g/mol. The molecule has 5 rings (SSSR count). The number of benzene rings is 1. The molecule has 2 amide bonds. The van der Waals surface area contributed by atoms with Crippen molar-refractivity contribution in [1.82, 2.24) is 14.5 Å². The molecule has 0 spiro atoms. The zero-order valence-corrected chi connectivity index (χ0v) is 16.3. The Labute approximate surface area is 173 Å². The lowest BCUT2D eigenvalue weighted by atomic mass is 10.1. The van der Waals surface area contributed by atoms with Gasteiger partial charge in [0.25, 0.3) is 11.8 Å². The monoisotopic (exact) mass is 397 g/mol. The third-order valence-electron chi connectivity index (χ3n) is 5.35. The summed E-state index contributed by atoms with van der Waals surface area (Å²) in [5.74, 6) is -0.538. The van der Waals surface area contributed by atoms with Crippen LogP contribution in [0.25, 0.3) is 10.9 Å². The zero-order valence-electron chi connectivity index (χ0n) is 16.3. The Kier molecular flexibility index (Phi) is 4.28. The maximum Gasteiger partial charge on any atom is 0.275 e. The Bertz CT molecular complexity index is 1270. The highest BCUT2D eigenvalue weighted by atomic mass is 16.2. The summed E-state index contributed by atoms with van der Waals surface area (Å²) in [5.41, 5.74) is 2.90. The smallest absolute Gasteiger partial charge is 0.275 e. The van der Waals surface area contributed by atoms with E-state index in [0.717, 1.165) is 16.6 Å². The van der Waals surface area contributed by atoms with Gasteiger partial charge in [0.05, 0.1) is 23.0 Å². The van der Waals surface area contributed by atoms with Gasteiger partial charge in [0.1, 0.15) is 5.69 Å². The quantitative estimate of drug-likeness (QED) is 0.568. The Morgan fingerprint density at radius 2 is 2.00 bits per heavy atom. The normalized spacial score (nSPS) is 15.8. The first kappa shape index (κ1) is 18.1. The van der Waals surface area contributed by atoms with Crippen LogP contribution in [-0.4, -0.2) is 32.9 Å². The lowest BCUT2D eigenvalue weighted by Gasteiger charge is -2.33. The average Bonchev–Trinajstić information content (AvgIpc) is 3.23. The van der Waals surface area contributed by atoms with E-state index < -0.39 is 0 Å². The predicted molar refractivity (Wildman–Crippen MR) is 115 cm³/mol. The van der Waals surface area contributed by atoms with E-state index in [-0.39, 0.29) is 17.9 Å². The van der Waals surface area contributed by atoms with Crippen LogP contribution in [0.2, 0.25) is 0 Å². The first-order valence-electron chi connectivity index (χ1n) is 9.70. The number of hydrogen-bond donors (Lipinski definition) is 1. The van der Waals surface area contributed by atoms with E-state index in [4.69, 9.17) is 0 Å². The van der Waals surface area contributed by atoms with E-state index in [1.165, 1.54) is 0 Å². The average molecular weight is 397 g/mol. The van der Waals surface area contributed by atoms with E-state index in [9.17, 15) is 9.59 Å². The minimum Gasteiger partial charge on any atom is -0.338 e. The molecule has 148 valence electrons. The molecule has 0 unspecified atom stereocenters. The van der Waals surface area contributed by atoms with Crippen LogP contribution in [0.5, 0.6) is 0 Å². The second-order valence-electron chi connectivity index (χ2n) is 7.33. The van der Waals surface area contributed by atoms with Gasteiger partial charge in [-0.2, -0.15) is 0 Å². The number of carbonyl (C=O) groups excluding carboxylic acids is 2. The minimum absolute atomic E-state index is 0.0251. The second-order valence-corrected chi connectivity index (χ2v) is 7.33. The summed E-state index contributed by atoms with van der Waals surface area (Å²) in [6, 6.07) is 14.9. The molecule has 1 aliphatic rings. The van der Waals surface area contributed by atoms with E-state index >= 15 is 0 Å². The van der Waals surface area contributed by atoms with Crippen LogP contribution in [0.15, 0.2) is 73.3 Å². The van der Waals surface area contributed by atoms with Crippen LogP contribution in [0.3, 0.4) is 0 Å². The highest BCUT2D eigenvalue weighted by Gasteiger charge is 2.34. The second kappa shape index (κ2) is 7.11. The van der Waals surface area contributed by atoms with Crippen LogP contribution < -0.4 is 10.2 Å². The van der Waals surface area contributed by atoms with Crippen molar-refractivity contribution in [3.05, 3.63) is 84.6 Å². The molecule has 0 radical (unpaired) electrons. The van der Waals surface area contributed by atoms with E-state index in [1.807, 2.05) is 41.8 Å². The lowest BCUT2D eigenvalue weighted by Crippen LogP contribution is -2.43. The van der Waals surface area contributed by atoms with Crippen LogP contribution in [0, 0.1) is 0 Å². The molecule has 4 aromatic rings. The molecule has 4 heterocycles. The molecule has 1 atom stereocenters. The van der Waals surface area contributed by atoms with Gasteiger partial charge in [0.15, 0.2) is 0 Å². The summed E-state index contributed by atoms with van der Waals surface area (Å²) >= 11 is 0. The number of pyridine rings is 2. The van der Waals surface area contributed by atoms with Gasteiger partial charge in [-0.3, -0.25) is 19.6 Å². The summed E-state index contributed by atoms with van der Waals surface area (Å²) in [5, 5.41) is 3.83. The summed E-state index contributed by atoms with van der Waals surface area (Å²) in [6.45, 7) is 2.55. The van der Waals surface area contributed by atoms with Crippen molar-refractivity contribution >= 4 is 34.1 Å². The Morgan fingerprint density at radius 3 is 2.83 bits per heavy atom. The number of carbonyl (C=O) groups is 2. The molecule has 3 aromatic heterocycles. The third kappa shape index (κ3) is 3.00. The standard InChI is InChI=1S/C23H19N5O2/c1-15-14-28(18-7-6-16-4-2-10-25-20(16)12-18)23(30)21-19(8-11-27(15)21)22(29)26-17-5-3-9-24-13-17/h2-13,15H,14H2,1H3,(H,26,29)/t15-/m0/s1. The molecule has 0 fully saturated rings. The number of aromatic nitrogens is 3. The van der Waals surface area contributed by atoms with Gasteiger partial charge >= 0.3 is 0 Å². The third-order valence-corrected chi connectivity index (χ3v) is 5.35. The van der Waals surface area contributed by atoms with Gasteiger partial charge in [0.2, 0.25) is 0 Å². The minimum atomic E-state index is -0.334. The number of nitrogens with one attached hydrogen (secondary N) is 1. The van der Waals surface area contributed by atoms with Crippen molar-refractivity contribution in [3.63, 3.8) is 0 Å². The Balaban J connectivity index is 1.51. The van der Waals surface area contributed by atoms with E-state index in [0.29, 0.717) is 23.5 Å². The molecule has 1 aliphatic heterocycles. The zero-order chi connectivity index (χ0) is 20.7. The van der Waals surface area contributed by atoms with Gasteiger partial charge in [-0.25, -0.2) is 0 Å². The van der Waals surface area contributed by atoms with Crippen LogP contribution in [0.1, 0.15) is 33.8 Å². The number of rotatable bonds is 3. The first-order valence-corrected chi connectivity index (χ1v) is 9.70. The maximum atomic E-state index is 13.4. The number of fused-ring (bicyclic) bond motifs is 2. The number of anilines is 2. The highest BCUT2D eigenvalue weighted by molar-refractivity contribution is 6.16. The molecule has 7 nitrogen and oxygen atoms in total. The SMILES string of the molecule is C[C@H]1CN(c2ccc3cccnc3c2)C(=O)c2c(C(=O)Nc3cccnc3)ccn21. The van der Waals surface area contributed by atoms with Crippen molar-refractivity contribution in [1.29, 1.82) is 0 Å². The van der Waals surface area contributed by atoms with Gasteiger partial charge < -0.3 is 14.8 Å². The highest BCUT2D eigenvalue weighted by Crippen LogP contribution is 2.30. The van der Waals surface area contributed by atoms with Gasteiger partial charge in [-0.1, -0.05) is 12.1 Å².